The largest absolute Gasteiger partial charge is 0.443 e. The van der Waals surface area contributed by atoms with Crippen LogP contribution in [-0.2, 0) is 9.16 Å². The minimum Gasteiger partial charge on any atom is -0.443 e. The Balaban J connectivity index is 1.96. The quantitative estimate of drug-likeness (QED) is 0.345. The molecule has 2 atom stereocenters. The van der Waals surface area contributed by atoms with Crippen LogP contribution in [0.1, 0.15) is 48.0 Å². The molecule has 0 fully saturated rings. The molecule has 0 N–H and O–H groups in total. The Labute approximate surface area is 212 Å². The van der Waals surface area contributed by atoms with E-state index in [9.17, 15) is 4.79 Å². The second-order valence-electron chi connectivity index (χ2n) is 11.4. The fourth-order valence-corrected chi connectivity index (χ4v) is 9.53. The average Bonchev–Trinajstić information content (AvgIpc) is 2.80. The van der Waals surface area contributed by atoms with Gasteiger partial charge in [0, 0.05) is 25.3 Å². The van der Waals surface area contributed by atoms with Gasteiger partial charge in [-0.2, -0.15) is 0 Å². The summed E-state index contributed by atoms with van der Waals surface area (Å²) in [6, 6.07) is 21.3. The van der Waals surface area contributed by atoms with Crippen molar-refractivity contribution in [3.05, 3.63) is 85.6 Å². The van der Waals surface area contributed by atoms with E-state index in [1.54, 1.807) is 4.90 Å². The van der Waals surface area contributed by atoms with Crippen LogP contribution in [0, 0.1) is 11.8 Å². The van der Waals surface area contributed by atoms with Gasteiger partial charge in [0.2, 0.25) is 0 Å². The predicted octanol–water partition coefficient (Wildman–Crippen LogP) is 6.14. The van der Waals surface area contributed by atoms with Gasteiger partial charge in [-0.15, -0.1) is 6.58 Å². The molecule has 1 amide bonds. The summed E-state index contributed by atoms with van der Waals surface area (Å²) in [5.74, 6) is 0.386. The van der Waals surface area contributed by atoms with Crippen LogP contribution in [0.3, 0.4) is 0 Å². The summed E-state index contributed by atoms with van der Waals surface area (Å²) in [6.07, 6.45) is 6.44. The molecule has 1 heterocycles. The maximum Gasteiger partial charge on any atom is 0.414 e. The minimum atomic E-state index is -2.66. The van der Waals surface area contributed by atoms with Crippen LogP contribution in [0.5, 0.6) is 0 Å². The second-order valence-corrected chi connectivity index (χ2v) is 15.7. The first-order valence-electron chi connectivity index (χ1n) is 12.5. The second kappa shape index (κ2) is 11.0. The highest BCUT2D eigenvalue weighted by molar-refractivity contribution is 6.99. The van der Waals surface area contributed by atoms with Gasteiger partial charge in [-0.1, -0.05) is 93.6 Å². The molecule has 5 heteroatoms. The molecule has 188 valence electrons. The van der Waals surface area contributed by atoms with Crippen LogP contribution in [0.15, 0.2) is 85.6 Å². The van der Waals surface area contributed by atoms with E-state index < -0.39 is 13.9 Å². The topological polar surface area (TPSA) is 38.8 Å². The molecular formula is C30H41NO3Si. The van der Waals surface area contributed by atoms with Gasteiger partial charge in [-0.05, 0) is 48.5 Å². The summed E-state index contributed by atoms with van der Waals surface area (Å²) in [7, 11) is -2.66. The SMILES string of the molecule is C=CC[C@H]1C=CN(C(=O)OC(C)(C)C)C[C@@H]1CO[Si](c1ccccc1)(c1ccccc1)C(C)(C)C. The van der Waals surface area contributed by atoms with Crippen LogP contribution in [0.2, 0.25) is 5.04 Å². The Morgan fingerprint density at radius 1 is 1.00 bits per heavy atom. The lowest BCUT2D eigenvalue weighted by atomic mass is 9.87. The first kappa shape index (κ1) is 27.0. The zero-order valence-corrected chi connectivity index (χ0v) is 23.2. The van der Waals surface area contributed by atoms with E-state index in [-0.39, 0.29) is 23.0 Å². The summed E-state index contributed by atoms with van der Waals surface area (Å²) in [5.41, 5.74) is -0.538. The zero-order valence-electron chi connectivity index (χ0n) is 22.2. The predicted molar refractivity (Wildman–Crippen MR) is 147 cm³/mol. The highest BCUT2D eigenvalue weighted by Crippen LogP contribution is 2.38. The number of ether oxygens (including phenoxy) is 1. The Kier molecular flexibility index (Phi) is 8.45. The van der Waals surface area contributed by atoms with Crippen molar-refractivity contribution in [2.75, 3.05) is 13.2 Å². The summed E-state index contributed by atoms with van der Waals surface area (Å²) in [6.45, 7) is 17.6. The van der Waals surface area contributed by atoms with E-state index in [4.69, 9.17) is 9.16 Å². The number of carbonyl (C=O) groups is 1. The zero-order chi connectivity index (χ0) is 25.7. The van der Waals surface area contributed by atoms with E-state index in [2.05, 4.69) is 94.1 Å². The molecule has 4 nitrogen and oxygen atoms in total. The highest BCUT2D eigenvalue weighted by atomic mass is 28.4. The number of rotatable bonds is 7. The van der Waals surface area contributed by atoms with Crippen molar-refractivity contribution in [2.24, 2.45) is 11.8 Å². The first-order chi connectivity index (χ1) is 16.5. The molecule has 1 aliphatic rings. The van der Waals surface area contributed by atoms with Gasteiger partial charge >= 0.3 is 6.09 Å². The molecule has 0 saturated carbocycles. The third kappa shape index (κ3) is 6.33. The van der Waals surface area contributed by atoms with Gasteiger partial charge in [-0.25, -0.2) is 4.79 Å². The lowest BCUT2D eigenvalue weighted by Gasteiger charge is -2.45. The van der Waals surface area contributed by atoms with Crippen LogP contribution < -0.4 is 10.4 Å². The lowest BCUT2D eigenvalue weighted by molar-refractivity contribution is 0.0261. The molecule has 0 saturated heterocycles. The monoisotopic (exact) mass is 491 g/mol. The number of hydrogen-bond donors (Lipinski definition) is 0. The number of benzene rings is 2. The molecule has 2 aromatic carbocycles. The Hall–Kier alpha value is -2.63. The summed E-state index contributed by atoms with van der Waals surface area (Å²) in [4.78, 5) is 14.5. The maximum atomic E-state index is 12.8. The summed E-state index contributed by atoms with van der Waals surface area (Å²) >= 11 is 0. The summed E-state index contributed by atoms with van der Waals surface area (Å²) in [5, 5.41) is 2.42. The van der Waals surface area contributed by atoms with Crippen LogP contribution in [-0.4, -0.2) is 38.1 Å². The number of carbonyl (C=O) groups excluding carboxylic acids is 1. The molecule has 1 aliphatic heterocycles. The van der Waals surface area contributed by atoms with Crippen molar-refractivity contribution < 1.29 is 14.0 Å². The van der Waals surface area contributed by atoms with Gasteiger partial charge in [-0.3, -0.25) is 4.90 Å². The molecule has 0 unspecified atom stereocenters. The minimum absolute atomic E-state index is 0.0982. The van der Waals surface area contributed by atoms with E-state index in [1.165, 1.54) is 10.4 Å². The molecule has 3 rings (SSSR count). The van der Waals surface area contributed by atoms with Gasteiger partial charge in [0.05, 0.1) is 0 Å². The molecule has 0 spiro atoms. The molecule has 0 aromatic heterocycles. The number of allylic oxidation sites excluding steroid dienone is 2. The average molecular weight is 492 g/mol. The van der Waals surface area contributed by atoms with Crippen molar-refractivity contribution in [1.82, 2.24) is 4.90 Å². The van der Waals surface area contributed by atoms with E-state index in [1.807, 2.05) is 33.0 Å². The van der Waals surface area contributed by atoms with Crippen molar-refractivity contribution >= 4 is 24.8 Å². The molecule has 0 radical (unpaired) electrons. The normalized spacial score (nSPS) is 18.9. The molecular weight excluding hydrogens is 450 g/mol. The third-order valence-corrected chi connectivity index (χ3v) is 11.6. The van der Waals surface area contributed by atoms with Gasteiger partial charge < -0.3 is 9.16 Å². The van der Waals surface area contributed by atoms with Gasteiger partial charge in [0.25, 0.3) is 8.32 Å². The number of hydrogen-bond acceptors (Lipinski definition) is 3. The van der Waals surface area contributed by atoms with Crippen molar-refractivity contribution in [3.63, 3.8) is 0 Å². The number of nitrogens with zero attached hydrogens (tertiary/aromatic N) is 1. The van der Waals surface area contributed by atoms with Crippen molar-refractivity contribution in [3.8, 4) is 0 Å². The van der Waals surface area contributed by atoms with Gasteiger partial charge in [0.1, 0.15) is 5.60 Å². The van der Waals surface area contributed by atoms with E-state index >= 15 is 0 Å². The molecule has 2 aromatic rings. The van der Waals surface area contributed by atoms with Crippen molar-refractivity contribution in [1.29, 1.82) is 0 Å². The molecule has 35 heavy (non-hydrogen) atoms. The number of amides is 1. The Morgan fingerprint density at radius 3 is 2.00 bits per heavy atom. The molecule has 0 bridgehead atoms. The molecule has 0 aliphatic carbocycles. The van der Waals surface area contributed by atoms with E-state index in [0.29, 0.717) is 13.2 Å². The first-order valence-corrected chi connectivity index (χ1v) is 14.4. The Bertz CT molecular complexity index is 966. The fourth-order valence-electron chi connectivity index (χ4n) is 4.91. The fraction of sp³-hybridized carbons (Fsp3) is 0.433. The Morgan fingerprint density at radius 2 is 1.54 bits per heavy atom. The smallest absolute Gasteiger partial charge is 0.414 e. The van der Waals surface area contributed by atoms with Crippen LogP contribution in [0.4, 0.5) is 4.79 Å². The van der Waals surface area contributed by atoms with Crippen molar-refractivity contribution in [2.45, 2.75) is 58.6 Å². The van der Waals surface area contributed by atoms with Crippen LogP contribution >= 0.6 is 0 Å². The standard InChI is InChI=1S/C30H41NO3Si/c1-8-15-24-20-21-31(28(32)34-29(2,3)4)22-25(24)23-33-35(30(5,6)7,26-16-11-9-12-17-26)27-18-13-10-14-19-27/h8-14,16-21,24-25H,1,15,22-23H2,2-7H3/t24-,25+/m0/s1. The maximum absolute atomic E-state index is 12.8. The third-order valence-electron chi connectivity index (χ3n) is 6.55. The lowest BCUT2D eigenvalue weighted by Crippen LogP contribution is -2.67. The van der Waals surface area contributed by atoms with E-state index in [0.717, 1.165) is 6.42 Å². The van der Waals surface area contributed by atoms with Crippen LogP contribution in [0.25, 0.3) is 0 Å². The summed E-state index contributed by atoms with van der Waals surface area (Å²) < 4.78 is 12.8. The highest BCUT2D eigenvalue weighted by Gasteiger charge is 2.50. The van der Waals surface area contributed by atoms with Gasteiger partial charge in [0.15, 0.2) is 0 Å².